The van der Waals surface area contributed by atoms with E-state index in [0.717, 1.165) is 25.6 Å². The van der Waals surface area contributed by atoms with Gasteiger partial charge in [0, 0.05) is 19.5 Å². The van der Waals surface area contributed by atoms with Crippen molar-refractivity contribution in [1.29, 1.82) is 0 Å². The third kappa shape index (κ3) is 4.08. The van der Waals surface area contributed by atoms with Crippen LogP contribution in [0.3, 0.4) is 0 Å². The number of halogens is 1. The normalized spacial score (nSPS) is 22.3. The number of carbonyl (C=O) groups excluding carboxylic acids is 1. The fourth-order valence-corrected chi connectivity index (χ4v) is 2.34. The minimum atomic E-state index is -0.433. The summed E-state index contributed by atoms with van der Waals surface area (Å²) in [6, 6.07) is 2.67. The molecule has 0 amide bonds. The third-order valence-electron chi connectivity index (χ3n) is 3.51. The van der Waals surface area contributed by atoms with E-state index in [0.29, 0.717) is 24.6 Å². The zero-order valence-electron chi connectivity index (χ0n) is 11.1. The Kier molecular flexibility index (Phi) is 4.61. The summed E-state index contributed by atoms with van der Waals surface area (Å²) in [4.78, 5) is 17.7. The van der Waals surface area contributed by atoms with Gasteiger partial charge in [-0.3, -0.25) is 9.78 Å². The van der Waals surface area contributed by atoms with Crippen LogP contribution in [0.5, 0.6) is 0 Å². The molecule has 104 valence electrons. The number of aromatic nitrogens is 1. The molecule has 0 atom stereocenters. The van der Waals surface area contributed by atoms with Crippen molar-refractivity contribution in [3.05, 3.63) is 29.8 Å². The zero-order chi connectivity index (χ0) is 13.8. The van der Waals surface area contributed by atoms with E-state index in [1.165, 1.54) is 12.1 Å². The van der Waals surface area contributed by atoms with Gasteiger partial charge in [-0.15, -0.1) is 0 Å². The van der Waals surface area contributed by atoms with Gasteiger partial charge in [0.1, 0.15) is 11.5 Å². The van der Waals surface area contributed by atoms with Gasteiger partial charge in [-0.1, -0.05) is 0 Å². The molecule has 0 unspecified atom stereocenters. The maximum Gasteiger partial charge on any atom is 0.182 e. The van der Waals surface area contributed by atoms with Crippen molar-refractivity contribution in [2.75, 3.05) is 20.1 Å². The predicted octanol–water partition coefficient (Wildman–Crippen LogP) is 1.50. The highest BCUT2D eigenvalue weighted by molar-refractivity contribution is 5.94. The molecule has 1 N–H and O–H groups in total. The number of aliphatic hydroxyl groups is 1. The van der Waals surface area contributed by atoms with Crippen LogP contribution in [-0.2, 0) is 0 Å². The highest BCUT2D eigenvalue weighted by Crippen LogP contribution is 2.27. The zero-order valence-corrected chi connectivity index (χ0v) is 11.1. The molecule has 1 aliphatic rings. The van der Waals surface area contributed by atoms with Crippen molar-refractivity contribution in [2.45, 2.75) is 25.4 Å². The minimum Gasteiger partial charge on any atom is -0.393 e. The Balaban J connectivity index is 1.72. The fraction of sp³-hybridized carbons (Fsp3) is 0.571. The van der Waals surface area contributed by atoms with Crippen LogP contribution in [0.1, 0.15) is 29.8 Å². The Morgan fingerprint density at radius 2 is 2.26 bits per heavy atom. The molecule has 1 heterocycles. The highest BCUT2D eigenvalue weighted by atomic mass is 19.1. The van der Waals surface area contributed by atoms with Gasteiger partial charge in [0.05, 0.1) is 12.3 Å². The first kappa shape index (κ1) is 14.1. The van der Waals surface area contributed by atoms with Gasteiger partial charge >= 0.3 is 0 Å². The molecule has 0 aliphatic heterocycles. The van der Waals surface area contributed by atoms with Crippen molar-refractivity contribution in [2.24, 2.45) is 5.92 Å². The second-order valence-corrected chi connectivity index (χ2v) is 5.29. The first-order chi connectivity index (χ1) is 9.04. The summed E-state index contributed by atoms with van der Waals surface area (Å²) in [5.74, 6) is 0.0387. The smallest absolute Gasteiger partial charge is 0.182 e. The molecule has 1 fully saturated rings. The summed E-state index contributed by atoms with van der Waals surface area (Å²) < 4.78 is 12.7. The summed E-state index contributed by atoms with van der Waals surface area (Å²) in [6.07, 6.45) is 3.02. The summed E-state index contributed by atoms with van der Waals surface area (Å²) in [5, 5.41) is 9.21. The molecule has 0 bridgehead atoms. The van der Waals surface area contributed by atoms with Crippen LogP contribution in [0.4, 0.5) is 4.39 Å². The van der Waals surface area contributed by atoms with Gasteiger partial charge in [-0.25, -0.2) is 4.39 Å². The standard InChI is InChI=1S/C14H19FN2O2/c1-17(9-10-6-12(18)7-10)5-4-14(19)13-3-2-11(15)8-16-13/h2-3,8,10,12,18H,4-7,9H2,1H3. The van der Waals surface area contributed by atoms with Crippen LogP contribution in [0.15, 0.2) is 18.3 Å². The monoisotopic (exact) mass is 266 g/mol. The SMILES string of the molecule is CN(CCC(=O)c1ccc(F)cn1)CC1CC(O)C1. The highest BCUT2D eigenvalue weighted by Gasteiger charge is 2.27. The summed E-state index contributed by atoms with van der Waals surface area (Å²) in [5.41, 5.74) is 0.314. The fourth-order valence-electron chi connectivity index (χ4n) is 2.34. The molecular formula is C14H19FN2O2. The molecule has 0 saturated heterocycles. The number of ketones is 1. The maximum absolute atomic E-state index is 12.7. The van der Waals surface area contributed by atoms with Crippen molar-refractivity contribution in [3.63, 3.8) is 0 Å². The average molecular weight is 266 g/mol. The Morgan fingerprint density at radius 1 is 1.53 bits per heavy atom. The molecule has 1 aromatic rings. The van der Waals surface area contributed by atoms with E-state index in [2.05, 4.69) is 9.88 Å². The first-order valence-electron chi connectivity index (χ1n) is 6.56. The van der Waals surface area contributed by atoms with E-state index >= 15 is 0 Å². The van der Waals surface area contributed by atoms with Crippen molar-refractivity contribution in [1.82, 2.24) is 9.88 Å². The summed E-state index contributed by atoms with van der Waals surface area (Å²) in [7, 11) is 1.97. The lowest BCUT2D eigenvalue weighted by molar-refractivity contribution is 0.0281. The maximum atomic E-state index is 12.7. The van der Waals surface area contributed by atoms with E-state index in [4.69, 9.17) is 0 Å². The van der Waals surface area contributed by atoms with Crippen LogP contribution >= 0.6 is 0 Å². The number of pyridine rings is 1. The Bertz CT molecular complexity index is 430. The number of Topliss-reactive ketones (excluding diaryl/α,β-unsaturated/α-hetero) is 1. The lowest BCUT2D eigenvalue weighted by Crippen LogP contribution is -2.37. The molecule has 1 aliphatic carbocycles. The van der Waals surface area contributed by atoms with Gasteiger partial charge in [-0.2, -0.15) is 0 Å². The van der Waals surface area contributed by atoms with Crippen LogP contribution in [0, 0.1) is 11.7 Å². The van der Waals surface area contributed by atoms with Crippen molar-refractivity contribution < 1.29 is 14.3 Å². The summed E-state index contributed by atoms with van der Waals surface area (Å²) in [6.45, 7) is 1.56. The Hall–Kier alpha value is -1.33. The van der Waals surface area contributed by atoms with E-state index in [-0.39, 0.29) is 11.9 Å². The molecule has 0 aromatic carbocycles. The largest absolute Gasteiger partial charge is 0.393 e. The number of nitrogens with zero attached hydrogens (tertiary/aromatic N) is 2. The van der Waals surface area contributed by atoms with E-state index in [9.17, 15) is 14.3 Å². The van der Waals surface area contributed by atoms with Gasteiger partial charge in [0.15, 0.2) is 5.78 Å². The van der Waals surface area contributed by atoms with Gasteiger partial charge in [0.25, 0.3) is 0 Å². The van der Waals surface area contributed by atoms with E-state index in [1.54, 1.807) is 0 Å². The molecule has 1 aromatic heterocycles. The van der Waals surface area contributed by atoms with Crippen molar-refractivity contribution >= 4 is 5.78 Å². The number of hydrogen-bond acceptors (Lipinski definition) is 4. The number of rotatable bonds is 6. The second-order valence-electron chi connectivity index (χ2n) is 5.29. The Morgan fingerprint density at radius 3 is 2.84 bits per heavy atom. The van der Waals surface area contributed by atoms with E-state index < -0.39 is 5.82 Å². The molecule has 2 rings (SSSR count). The summed E-state index contributed by atoms with van der Waals surface area (Å²) >= 11 is 0. The van der Waals surface area contributed by atoms with Gasteiger partial charge in [0.2, 0.25) is 0 Å². The minimum absolute atomic E-state index is 0.0690. The molecule has 19 heavy (non-hydrogen) atoms. The average Bonchev–Trinajstić information content (AvgIpc) is 2.35. The molecule has 0 spiro atoms. The van der Waals surface area contributed by atoms with Crippen LogP contribution in [0.2, 0.25) is 0 Å². The van der Waals surface area contributed by atoms with Gasteiger partial charge in [-0.05, 0) is 37.9 Å². The first-order valence-corrected chi connectivity index (χ1v) is 6.56. The number of hydrogen-bond donors (Lipinski definition) is 1. The molecule has 0 radical (unpaired) electrons. The van der Waals surface area contributed by atoms with E-state index in [1.807, 2.05) is 7.05 Å². The molecule has 5 heteroatoms. The van der Waals surface area contributed by atoms with Gasteiger partial charge < -0.3 is 10.0 Å². The quantitative estimate of drug-likeness (QED) is 0.793. The van der Waals surface area contributed by atoms with Crippen molar-refractivity contribution in [3.8, 4) is 0 Å². The van der Waals surface area contributed by atoms with Crippen LogP contribution in [0.25, 0.3) is 0 Å². The lowest BCUT2D eigenvalue weighted by atomic mass is 9.82. The number of carbonyl (C=O) groups is 1. The number of aliphatic hydroxyl groups excluding tert-OH is 1. The van der Waals surface area contributed by atoms with Crippen LogP contribution < -0.4 is 0 Å². The topological polar surface area (TPSA) is 53.4 Å². The predicted molar refractivity (Wildman–Crippen MR) is 69.4 cm³/mol. The molecule has 1 saturated carbocycles. The molecular weight excluding hydrogens is 247 g/mol. The van der Waals surface area contributed by atoms with Crippen LogP contribution in [-0.4, -0.2) is 47.0 Å². The second kappa shape index (κ2) is 6.21. The molecule has 4 nitrogen and oxygen atoms in total. The Labute approximate surface area is 112 Å². The lowest BCUT2D eigenvalue weighted by Gasteiger charge is -2.34. The third-order valence-corrected chi connectivity index (χ3v) is 3.51.